The Morgan fingerprint density at radius 3 is 2.19 bits per heavy atom. The second-order valence-corrected chi connectivity index (χ2v) is 10.4. The first-order valence-electron chi connectivity index (χ1n) is 10.2. The Morgan fingerprint density at radius 1 is 0.906 bits per heavy atom. The fourth-order valence-electron chi connectivity index (χ4n) is 2.99. The Labute approximate surface area is 198 Å². The first kappa shape index (κ1) is 24.2. The lowest BCUT2D eigenvalue weighted by molar-refractivity contribution is -0.119. The fourth-order valence-corrected chi connectivity index (χ4v) is 5.48. The van der Waals surface area contributed by atoms with E-state index < -0.39 is 10.0 Å². The first-order valence-corrected chi connectivity index (χ1v) is 13.2. The fraction of sp³-hybridized carbons (Fsp3) is 0.208. The molecule has 0 aliphatic rings. The van der Waals surface area contributed by atoms with Crippen LogP contribution in [0.25, 0.3) is 0 Å². The van der Waals surface area contributed by atoms with Gasteiger partial charge < -0.3 is 5.32 Å². The van der Waals surface area contributed by atoms with Gasteiger partial charge >= 0.3 is 0 Å². The normalized spacial score (nSPS) is 11.2. The number of para-hydroxylation sites is 1. The van der Waals surface area contributed by atoms with E-state index in [-0.39, 0.29) is 17.3 Å². The number of hydrogen-bond acceptors (Lipinski definition) is 4. The summed E-state index contributed by atoms with van der Waals surface area (Å²) in [6, 6.07) is 24.6. The number of anilines is 1. The molecule has 32 heavy (non-hydrogen) atoms. The van der Waals surface area contributed by atoms with E-state index in [0.717, 1.165) is 27.3 Å². The Balaban J connectivity index is 1.52. The molecule has 3 rings (SSSR count). The summed E-state index contributed by atoms with van der Waals surface area (Å²) in [4.78, 5) is 12.7. The van der Waals surface area contributed by atoms with Gasteiger partial charge in [-0.3, -0.25) is 9.10 Å². The molecule has 0 saturated heterocycles. The highest BCUT2D eigenvalue weighted by Crippen LogP contribution is 2.23. The highest BCUT2D eigenvalue weighted by Gasteiger charge is 2.26. The molecule has 0 aliphatic heterocycles. The van der Waals surface area contributed by atoms with Crippen LogP contribution in [-0.2, 0) is 20.6 Å². The van der Waals surface area contributed by atoms with Crippen molar-refractivity contribution in [3.63, 3.8) is 0 Å². The number of sulfonamides is 1. The zero-order valence-corrected chi connectivity index (χ0v) is 19.9. The Hall–Kier alpha value is -2.48. The quantitative estimate of drug-likeness (QED) is 0.387. The number of nitrogens with one attached hydrogen (secondary N) is 1. The van der Waals surface area contributed by atoms with Crippen LogP contribution in [0.5, 0.6) is 0 Å². The number of carbonyl (C=O) groups is 1. The van der Waals surface area contributed by atoms with E-state index in [2.05, 4.69) is 5.32 Å². The minimum atomic E-state index is -3.86. The maximum atomic E-state index is 13.2. The molecule has 0 bridgehead atoms. The molecule has 0 aromatic heterocycles. The first-order chi connectivity index (χ1) is 15.5. The van der Waals surface area contributed by atoms with Crippen LogP contribution in [0.3, 0.4) is 0 Å². The van der Waals surface area contributed by atoms with Crippen LogP contribution >= 0.6 is 23.4 Å². The molecule has 3 aromatic rings. The zero-order valence-electron chi connectivity index (χ0n) is 17.5. The average Bonchev–Trinajstić information content (AvgIpc) is 2.82. The van der Waals surface area contributed by atoms with Gasteiger partial charge in [-0.25, -0.2) is 8.42 Å². The molecule has 0 unspecified atom stereocenters. The molecule has 8 heteroatoms. The van der Waals surface area contributed by atoms with Crippen molar-refractivity contribution in [1.82, 2.24) is 5.32 Å². The number of benzene rings is 3. The van der Waals surface area contributed by atoms with Crippen LogP contribution in [0.2, 0.25) is 5.02 Å². The second kappa shape index (κ2) is 11.9. The monoisotopic (exact) mass is 488 g/mol. The van der Waals surface area contributed by atoms with Crippen LogP contribution < -0.4 is 9.62 Å². The minimum absolute atomic E-state index is 0.148. The van der Waals surface area contributed by atoms with Crippen molar-refractivity contribution in [3.05, 3.63) is 95.5 Å². The zero-order chi connectivity index (χ0) is 22.8. The number of hydrogen-bond donors (Lipinski definition) is 1. The predicted molar refractivity (Wildman–Crippen MR) is 133 cm³/mol. The third-order valence-corrected chi connectivity index (χ3v) is 7.79. The van der Waals surface area contributed by atoms with Gasteiger partial charge in [0.25, 0.3) is 10.0 Å². The molecule has 5 nitrogen and oxygen atoms in total. The topological polar surface area (TPSA) is 66.5 Å². The molecule has 1 N–H and O–H groups in total. The van der Waals surface area contributed by atoms with Crippen molar-refractivity contribution in [1.29, 1.82) is 0 Å². The summed E-state index contributed by atoms with van der Waals surface area (Å²) in [6.45, 7) is 0.208. The van der Waals surface area contributed by atoms with Crippen molar-refractivity contribution in [2.75, 3.05) is 23.1 Å². The summed E-state index contributed by atoms with van der Waals surface area (Å²) in [6.07, 6.45) is 0.792. The van der Waals surface area contributed by atoms with E-state index in [9.17, 15) is 13.2 Å². The summed E-state index contributed by atoms with van der Waals surface area (Å²) >= 11 is 7.67. The number of thioether (sulfide) groups is 1. The molecular formula is C24H25ClN2O3S2. The van der Waals surface area contributed by atoms with Crippen LogP contribution in [0, 0.1) is 0 Å². The summed E-state index contributed by atoms with van der Waals surface area (Å²) in [5, 5.41) is 3.56. The van der Waals surface area contributed by atoms with Crippen molar-refractivity contribution < 1.29 is 13.2 Å². The summed E-state index contributed by atoms with van der Waals surface area (Å²) in [7, 11) is -3.86. The van der Waals surface area contributed by atoms with Crippen LogP contribution in [0.4, 0.5) is 5.69 Å². The lowest BCUT2D eigenvalue weighted by Crippen LogP contribution is -2.41. The van der Waals surface area contributed by atoms with Gasteiger partial charge in [0.2, 0.25) is 5.91 Å². The van der Waals surface area contributed by atoms with E-state index in [1.54, 1.807) is 60.3 Å². The smallest absolute Gasteiger partial charge is 0.264 e. The lowest BCUT2D eigenvalue weighted by atomic mass is 10.2. The molecule has 0 fully saturated rings. The third-order valence-electron chi connectivity index (χ3n) is 4.63. The average molecular weight is 489 g/mol. The maximum Gasteiger partial charge on any atom is 0.264 e. The molecule has 3 aromatic carbocycles. The highest BCUT2D eigenvalue weighted by atomic mass is 35.5. The number of halogens is 1. The maximum absolute atomic E-state index is 13.2. The van der Waals surface area contributed by atoms with Gasteiger partial charge in [-0.2, -0.15) is 11.8 Å². The predicted octanol–water partition coefficient (Wildman–Crippen LogP) is 4.98. The second-order valence-electron chi connectivity index (χ2n) is 7.04. The number of amides is 1. The summed E-state index contributed by atoms with van der Waals surface area (Å²) < 4.78 is 27.5. The Kier molecular flexibility index (Phi) is 9.02. The van der Waals surface area contributed by atoms with Crippen LogP contribution in [0.15, 0.2) is 89.8 Å². The largest absolute Gasteiger partial charge is 0.354 e. The number of rotatable bonds is 11. The van der Waals surface area contributed by atoms with Gasteiger partial charge in [0.1, 0.15) is 6.54 Å². The standard InChI is InChI=1S/C24H25ClN2O3S2/c25-21-14-12-20(13-15-21)19-31-17-7-16-26-24(28)18-27(22-8-3-1-4-9-22)32(29,30)23-10-5-2-6-11-23/h1-6,8-15H,7,16-19H2,(H,26,28). The Morgan fingerprint density at radius 2 is 1.53 bits per heavy atom. The van der Waals surface area contributed by atoms with Crippen molar-refractivity contribution in [2.45, 2.75) is 17.1 Å². The van der Waals surface area contributed by atoms with E-state index in [1.165, 1.54) is 17.7 Å². The van der Waals surface area contributed by atoms with Gasteiger partial charge in [0, 0.05) is 17.3 Å². The number of carbonyl (C=O) groups excluding carboxylic acids is 1. The molecule has 0 saturated carbocycles. The van der Waals surface area contributed by atoms with Gasteiger partial charge in [0.05, 0.1) is 10.6 Å². The molecule has 0 atom stereocenters. The van der Waals surface area contributed by atoms with Crippen molar-refractivity contribution in [2.24, 2.45) is 0 Å². The van der Waals surface area contributed by atoms with Gasteiger partial charge in [-0.15, -0.1) is 0 Å². The van der Waals surface area contributed by atoms with E-state index >= 15 is 0 Å². The summed E-state index contributed by atoms with van der Waals surface area (Å²) in [5.74, 6) is 1.42. The Bertz CT molecular complexity index is 1090. The van der Waals surface area contributed by atoms with E-state index in [1.807, 2.05) is 24.3 Å². The van der Waals surface area contributed by atoms with Gasteiger partial charge in [-0.05, 0) is 54.1 Å². The molecule has 0 heterocycles. The number of nitrogens with zero attached hydrogens (tertiary/aromatic N) is 1. The van der Waals surface area contributed by atoms with Crippen molar-refractivity contribution >= 4 is 45.0 Å². The molecule has 0 aliphatic carbocycles. The highest BCUT2D eigenvalue weighted by molar-refractivity contribution is 7.98. The van der Waals surface area contributed by atoms with Gasteiger partial charge in [-0.1, -0.05) is 60.1 Å². The van der Waals surface area contributed by atoms with Crippen molar-refractivity contribution in [3.8, 4) is 0 Å². The third kappa shape index (κ3) is 7.02. The van der Waals surface area contributed by atoms with E-state index in [4.69, 9.17) is 11.6 Å². The van der Waals surface area contributed by atoms with Crippen LogP contribution in [0.1, 0.15) is 12.0 Å². The molecule has 0 radical (unpaired) electrons. The summed E-state index contributed by atoms with van der Waals surface area (Å²) in [5.41, 5.74) is 1.65. The molecule has 168 valence electrons. The van der Waals surface area contributed by atoms with E-state index in [0.29, 0.717) is 12.2 Å². The molecular weight excluding hydrogens is 464 g/mol. The SMILES string of the molecule is O=C(CN(c1ccccc1)S(=O)(=O)c1ccccc1)NCCCSCc1ccc(Cl)cc1. The lowest BCUT2D eigenvalue weighted by Gasteiger charge is -2.24. The van der Waals surface area contributed by atoms with Crippen LogP contribution in [-0.4, -0.2) is 33.2 Å². The minimum Gasteiger partial charge on any atom is -0.354 e. The molecule has 0 spiro atoms. The van der Waals surface area contributed by atoms with Gasteiger partial charge in [0.15, 0.2) is 0 Å². The molecule has 1 amide bonds.